The van der Waals surface area contributed by atoms with E-state index in [1.165, 1.54) is 11.8 Å². The summed E-state index contributed by atoms with van der Waals surface area (Å²) in [4.78, 5) is 20.5. The van der Waals surface area contributed by atoms with Crippen molar-refractivity contribution in [1.82, 2.24) is 14.5 Å². The van der Waals surface area contributed by atoms with Crippen LogP contribution in [-0.2, 0) is 13.5 Å². The highest BCUT2D eigenvalue weighted by atomic mass is 32.2. The molecule has 0 amide bonds. The van der Waals surface area contributed by atoms with Crippen molar-refractivity contribution in [1.29, 1.82) is 0 Å². The second-order valence-corrected chi connectivity index (χ2v) is 5.47. The van der Waals surface area contributed by atoms with E-state index in [-0.39, 0.29) is 5.56 Å². The molecule has 0 aromatic carbocycles. The number of hydrogen-bond acceptors (Lipinski definition) is 4. The van der Waals surface area contributed by atoms with Gasteiger partial charge in [-0.05, 0) is 30.7 Å². The number of aryl methyl sites for hydroxylation is 2. The van der Waals surface area contributed by atoms with Crippen LogP contribution in [0.15, 0.2) is 34.5 Å². The molecule has 0 N–H and O–H groups in total. The SMILES string of the molecule is CCCCc1cnc(SC)nc1-c1ccc(=O)n(C)c1. The summed E-state index contributed by atoms with van der Waals surface area (Å²) in [5, 5.41) is 0.758. The Kier molecular flexibility index (Phi) is 4.95. The van der Waals surface area contributed by atoms with E-state index in [1.807, 2.05) is 24.7 Å². The smallest absolute Gasteiger partial charge is 0.250 e. The van der Waals surface area contributed by atoms with Crippen LogP contribution in [0.25, 0.3) is 11.3 Å². The van der Waals surface area contributed by atoms with Gasteiger partial charge in [0, 0.05) is 31.1 Å². The van der Waals surface area contributed by atoms with Crippen LogP contribution in [0.2, 0.25) is 0 Å². The predicted octanol–water partition coefficient (Wildman–Crippen LogP) is 2.91. The monoisotopic (exact) mass is 289 g/mol. The van der Waals surface area contributed by atoms with Crippen LogP contribution < -0.4 is 5.56 Å². The number of thioether (sulfide) groups is 1. The van der Waals surface area contributed by atoms with E-state index < -0.39 is 0 Å². The topological polar surface area (TPSA) is 47.8 Å². The molecule has 0 fully saturated rings. The third-order valence-electron chi connectivity index (χ3n) is 3.18. The Morgan fingerprint density at radius 1 is 1.35 bits per heavy atom. The van der Waals surface area contributed by atoms with Crippen molar-refractivity contribution in [2.45, 2.75) is 31.3 Å². The number of rotatable bonds is 5. The molecule has 2 rings (SSSR count). The van der Waals surface area contributed by atoms with Gasteiger partial charge in [-0.3, -0.25) is 4.79 Å². The van der Waals surface area contributed by atoms with E-state index >= 15 is 0 Å². The maximum absolute atomic E-state index is 11.5. The molecular formula is C15H19N3OS. The highest BCUT2D eigenvalue weighted by Gasteiger charge is 2.10. The molecule has 106 valence electrons. The second kappa shape index (κ2) is 6.70. The van der Waals surface area contributed by atoms with Crippen molar-refractivity contribution in [2.75, 3.05) is 6.26 Å². The third-order valence-corrected chi connectivity index (χ3v) is 3.75. The molecular weight excluding hydrogens is 270 g/mol. The maximum atomic E-state index is 11.5. The highest BCUT2D eigenvalue weighted by molar-refractivity contribution is 7.98. The Balaban J connectivity index is 2.50. The summed E-state index contributed by atoms with van der Waals surface area (Å²) in [5.41, 5.74) is 3.04. The van der Waals surface area contributed by atoms with Gasteiger partial charge >= 0.3 is 0 Å². The Bertz CT molecular complexity index is 652. The molecule has 0 atom stereocenters. The van der Waals surface area contributed by atoms with Crippen LogP contribution in [0, 0.1) is 0 Å². The molecule has 0 aliphatic heterocycles. The first-order valence-electron chi connectivity index (χ1n) is 6.72. The molecule has 2 aromatic heterocycles. The lowest BCUT2D eigenvalue weighted by molar-refractivity contribution is 0.781. The van der Waals surface area contributed by atoms with E-state index in [2.05, 4.69) is 16.9 Å². The summed E-state index contributed by atoms with van der Waals surface area (Å²) in [5.74, 6) is 0. The maximum Gasteiger partial charge on any atom is 0.250 e. The summed E-state index contributed by atoms with van der Waals surface area (Å²) >= 11 is 1.53. The second-order valence-electron chi connectivity index (χ2n) is 4.70. The fourth-order valence-corrected chi connectivity index (χ4v) is 2.36. The minimum absolute atomic E-state index is 0.0111. The normalized spacial score (nSPS) is 10.8. The van der Waals surface area contributed by atoms with Crippen molar-refractivity contribution in [2.24, 2.45) is 7.05 Å². The average Bonchev–Trinajstić information content (AvgIpc) is 2.48. The number of nitrogens with zero attached hydrogens (tertiary/aromatic N) is 3. The summed E-state index contributed by atoms with van der Waals surface area (Å²) in [7, 11) is 1.76. The Labute approximate surface area is 123 Å². The standard InChI is InChI=1S/C15H19N3OS/c1-4-5-6-11-9-16-15(20-3)17-14(11)12-7-8-13(19)18(2)10-12/h7-10H,4-6H2,1-3H3. The minimum atomic E-state index is -0.0111. The first-order valence-corrected chi connectivity index (χ1v) is 7.95. The molecule has 4 nitrogen and oxygen atoms in total. The lowest BCUT2D eigenvalue weighted by atomic mass is 10.0. The average molecular weight is 289 g/mol. The highest BCUT2D eigenvalue weighted by Crippen LogP contribution is 2.23. The molecule has 0 spiro atoms. The molecule has 0 saturated heterocycles. The largest absolute Gasteiger partial charge is 0.318 e. The number of pyridine rings is 1. The number of aromatic nitrogens is 3. The first-order chi connectivity index (χ1) is 9.65. The summed E-state index contributed by atoms with van der Waals surface area (Å²) < 4.78 is 1.58. The quantitative estimate of drug-likeness (QED) is 0.627. The fourth-order valence-electron chi connectivity index (χ4n) is 2.02. The first kappa shape index (κ1) is 14.8. The van der Waals surface area contributed by atoms with E-state index in [0.717, 1.165) is 41.2 Å². The van der Waals surface area contributed by atoms with Crippen molar-refractivity contribution in [3.8, 4) is 11.3 Å². The van der Waals surface area contributed by atoms with Gasteiger partial charge in [0.2, 0.25) is 5.56 Å². The van der Waals surface area contributed by atoms with Crippen LogP contribution in [0.5, 0.6) is 0 Å². The van der Waals surface area contributed by atoms with E-state index in [9.17, 15) is 4.79 Å². The molecule has 2 heterocycles. The molecule has 0 bridgehead atoms. The van der Waals surface area contributed by atoms with Crippen molar-refractivity contribution in [3.63, 3.8) is 0 Å². The van der Waals surface area contributed by atoms with Crippen molar-refractivity contribution >= 4 is 11.8 Å². The van der Waals surface area contributed by atoms with Gasteiger partial charge < -0.3 is 4.57 Å². The zero-order chi connectivity index (χ0) is 14.5. The van der Waals surface area contributed by atoms with Crippen molar-refractivity contribution < 1.29 is 0 Å². The van der Waals surface area contributed by atoms with E-state index in [1.54, 1.807) is 17.7 Å². The van der Waals surface area contributed by atoms with Gasteiger partial charge in [-0.25, -0.2) is 9.97 Å². The van der Waals surface area contributed by atoms with E-state index in [0.29, 0.717) is 0 Å². The summed E-state index contributed by atoms with van der Waals surface area (Å²) in [6, 6.07) is 3.42. The Hall–Kier alpha value is -1.62. The molecule has 2 aromatic rings. The van der Waals surface area contributed by atoms with Crippen LogP contribution in [0.1, 0.15) is 25.3 Å². The van der Waals surface area contributed by atoms with Crippen LogP contribution in [0.3, 0.4) is 0 Å². The molecule has 0 saturated carbocycles. The Morgan fingerprint density at radius 2 is 2.15 bits per heavy atom. The number of hydrogen-bond donors (Lipinski definition) is 0. The van der Waals surface area contributed by atoms with Gasteiger partial charge in [-0.1, -0.05) is 25.1 Å². The van der Waals surface area contributed by atoms with Gasteiger partial charge in [0.25, 0.3) is 0 Å². The number of unbranched alkanes of at least 4 members (excludes halogenated alkanes) is 1. The van der Waals surface area contributed by atoms with Gasteiger partial charge in [0.1, 0.15) is 0 Å². The van der Waals surface area contributed by atoms with Crippen LogP contribution in [-0.4, -0.2) is 20.8 Å². The summed E-state index contributed by atoms with van der Waals surface area (Å²) in [6.07, 6.45) is 8.92. The van der Waals surface area contributed by atoms with E-state index in [4.69, 9.17) is 0 Å². The van der Waals surface area contributed by atoms with Gasteiger partial charge in [0.05, 0.1) is 5.69 Å². The van der Waals surface area contributed by atoms with Crippen LogP contribution >= 0.6 is 11.8 Å². The van der Waals surface area contributed by atoms with Crippen molar-refractivity contribution in [3.05, 3.63) is 40.4 Å². The third kappa shape index (κ3) is 3.28. The molecule has 0 radical (unpaired) electrons. The molecule has 20 heavy (non-hydrogen) atoms. The minimum Gasteiger partial charge on any atom is -0.318 e. The van der Waals surface area contributed by atoms with Gasteiger partial charge in [-0.15, -0.1) is 0 Å². The van der Waals surface area contributed by atoms with Crippen LogP contribution in [0.4, 0.5) is 0 Å². The zero-order valence-electron chi connectivity index (χ0n) is 12.1. The lowest BCUT2D eigenvalue weighted by Crippen LogP contribution is -2.14. The Morgan fingerprint density at radius 3 is 2.80 bits per heavy atom. The molecule has 0 unspecified atom stereocenters. The zero-order valence-corrected chi connectivity index (χ0v) is 12.9. The van der Waals surface area contributed by atoms with Gasteiger partial charge in [-0.2, -0.15) is 0 Å². The molecule has 0 aliphatic carbocycles. The van der Waals surface area contributed by atoms with Gasteiger partial charge in [0.15, 0.2) is 5.16 Å². The lowest BCUT2D eigenvalue weighted by Gasteiger charge is -2.10. The summed E-state index contributed by atoms with van der Waals surface area (Å²) in [6.45, 7) is 2.17. The predicted molar refractivity (Wildman–Crippen MR) is 83.1 cm³/mol. The fraction of sp³-hybridized carbons (Fsp3) is 0.400. The molecule has 0 aliphatic rings. The molecule has 5 heteroatoms.